The molecular formula is C11H16N2O2S. The lowest BCUT2D eigenvalue weighted by Crippen LogP contribution is -2.34. The Morgan fingerprint density at radius 3 is 2.81 bits per heavy atom. The van der Waals surface area contributed by atoms with Gasteiger partial charge >= 0.3 is 5.97 Å². The van der Waals surface area contributed by atoms with Crippen LogP contribution in [0.3, 0.4) is 0 Å². The van der Waals surface area contributed by atoms with Crippen LogP contribution in [-0.4, -0.2) is 29.1 Å². The van der Waals surface area contributed by atoms with Crippen LogP contribution in [0.5, 0.6) is 0 Å². The lowest BCUT2D eigenvalue weighted by Gasteiger charge is -2.30. The number of nitrogens with zero attached hydrogens (tertiary/aromatic N) is 2. The minimum absolute atomic E-state index is 0.310. The van der Waals surface area contributed by atoms with Crippen LogP contribution in [0.15, 0.2) is 5.38 Å². The van der Waals surface area contributed by atoms with Crippen molar-refractivity contribution in [1.82, 2.24) is 4.98 Å². The first-order valence-electron chi connectivity index (χ1n) is 5.54. The predicted octanol–water partition coefficient (Wildman–Crippen LogP) is 2.14. The second-order valence-electron chi connectivity index (χ2n) is 4.30. The summed E-state index contributed by atoms with van der Waals surface area (Å²) in [5.74, 6) is -0.335. The number of aromatic nitrogens is 1. The number of rotatable bonds is 3. The van der Waals surface area contributed by atoms with Crippen molar-refractivity contribution in [2.45, 2.75) is 26.2 Å². The summed E-state index contributed by atoms with van der Waals surface area (Å²) in [5, 5.41) is 11.9. The van der Waals surface area contributed by atoms with Crippen molar-refractivity contribution < 1.29 is 9.90 Å². The van der Waals surface area contributed by atoms with Crippen LogP contribution in [0.4, 0.5) is 5.13 Å². The number of carboxylic acids is 1. The highest BCUT2D eigenvalue weighted by atomic mass is 32.1. The maximum absolute atomic E-state index is 10.6. The molecule has 1 N–H and O–H groups in total. The lowest BCUT2D eigenvalue weighted by atomic mass is 9.94. The van der Waals surface area contributed by atoms with E-state index in [-0.39, 0.29) is 0 Å². The standard InChI is InChI=1S/C11H16N2O2S/c1-8-7-16-11(12-8)13-4-2-9(3-5-13)6-10(14)15/h7,9H,2-6H2,1H3,(H,14,15). The second kappa shape index (κ2) is 4.82. The van der Waals surface area contributed by atoms with Gasteiger partial charge < -0.3 is 10.0 Å². The number of thiazole rings is 1. The fourth-order valence-electron chi connectivity index (χ4n) is 2.06. The van der Waals surface area contributed by atoms with Gasteiger partial charge in [0.1, 0.15) is 0 Å². The van der Waals surface area contributed by atoms with Gasteiger partial charge in [0.2, 0.25) is 0 Å². The third-order valence-electron chi connectivity index (χ3n) is 2.96. The van der Waals surface area contributed by atoms with E-state index in [0.717, 1.165) is 36.8 Å². The van der Waals surface area contributed by atoms with Crippen LogP contribution < -0.4 is 4.90 Å². The Bertz CT molecular complexity index is 370. The Hall–Kier alpha value is -1.10. The molecule has 0 amide bonds. The molecule has 1 aromatic rings. The van der Waals surface area contributed by atoms with Gasteiger partial charge in [-0.2, -0.15) is 0 Å². The molecule has 88 valence electrons. The lowest BCUT2D eigenvalue weighted by molar-refractivity contribution is -0.138. The first-order valence-corrected chi connectivity index (χ1v) is 6.42. The number of carboxylic acid groups (broad SMARTS) is 1. The Kier molecular flexibility index (Phi) is 3.43. The molecule has 2 heterocycles. The zero-order valence-electron chi connectivity index (χ0n) is 9.35. The monoisotopic (exact) mass is 240 g/mol. The van der Waals surface area contributed by atoms with Gasteiger partial charge in [-0.25, -0.2) is 4.98 Å². The number of carbonyl (C=O) groups is 1. The molecule has 1 fully saturated rings. The number of hydrogen-bond acceptors (Lipinski definition) is 4. The van der Waals surface area contributed by atoms with Crippen molar-refractivity contribution in [2.75, 3.05) is 18.0 Å². The van der Waals surface area contributed by atoms with E-state index in [1.54, 1.807) is 11.3 Å². The highest BCUT2D eigenvalue weighted by Gasteiger charge is 2.22. The van der Waals surface area contributed by atoms with Gasteiger partial charge in [-0.15, -0.1) is 11.3 Å². The van der Waals surface area contributed by atoms with Gasteiger partial charge in [0, 0.05) is 24.9 Å². The van der Waals surface area contributed by atoms with Crippen molar-refractivity contribution >= 4 is 22.4 Å². The van der Waals surface area contributed by atoms with Crippen molar-refractivity contribution in [3.63, 3.8) is 0 Å². The summed E-state index contributed by atoms with van der Waals surface area (Å²) in [6.45, 7) is 3.87. The molecule has 0 saturated carbocycles. The third kappa shape index (κ3) is 2.72. The van der Waals surface area contributed by atoms with E-state index >= 15 is 0 Å². The highest BCUT2D eigenvalue weighted by molar-refractivity contribution is 7.13. The predicted molar refractivity (Wildman–Crippen MR) is 64.0 cm³/mol. The van der Waals surface area contributed by atoms with Crippen LogP contribution in [0.25, 0.3) is 0 Å². The normalized spacial score (nSPS) is 17.7. The van der Waals surface area contributed by atoms with Gasteiger partial charge in [0.05, 0.1) is 5.69 Å². The molecule has 1 aromatic heterocycles. The van der Waals surface area contributed by atoms with E-state index in [1.807, 2.05) is 6.92 Å². The molecule has 1 aliphatic rings. The fourth-order valence-corrected chi connectivity index (χ4v) is 2.92. The minimum Gasteiger partial charge on any atom is -0.481 e. The summed E-state index contributed by atoms with van der Waals surface area (Å²) >= 11 is 1.67. The third-order valence-corrected chi connectivity index (χ3v) is 3.97. The van der Waals surface area contributed by atoms with Gasteiger partial charge in [-0.3, -0.25) is 4.79 Å². The first kappa shape index (κ1) is 11.4. The number of aliphatic carboxylic acids is 1. The number of aryl methyl sites for hydroxylation is 1. The van der Waals surface area contributed by atoms with E-state index < -0.39 is 5.97 Å². The number of hydrogen-bond donors (Lipinski definition) is 1. The molecule has 0 radical (unpaired) electrons. The van der Waals surface area contributed by atoms with E-state index in [4.69, 9.17) is 5.11 Å². The smallest absolute Gasteiger partial charge is 0.303 e. The molecule has 16 heavy (non-hydrogen) atoms. The van der Waals surface area contributed by atoms with Crippen LogP contribution >= 0.6 is 11.3 Å². The molecule has 4 nitrogen and oxygen atoms in total. The average molecular weight is 240 g/mol. The Morgan fingerprint density at radius 1 is 1.62 bits per heavy atom. The molecule has 2 rings (SSSR count). The molecule has 1 saturated heterocycles. The van der Waals surface area contributed by atoms with Crippen molar-refractivity contribution in [3.05, 3.63) is 11.1 Å². The van der Waals surface area contributed by atoms with Gasteiger partial charge in [-0.05, 0) is 25.7 Å². The molecule has 0 bridgehead atoms. The largest absolute Gasteiger partial charge is 0.481 e. The fraction of sp³-hybridized carbons (Fsp3) is 0.636. The van der Waals surface area contributed by atoms with E-state index in [1.165, 1.54) is 0 Å². The number of piperidine rings is 1. The average Bonchev–Trinajstić information content (AvgIpc) is 2.65. The summed E-state index contributed by atoms with van der Waals surface area (Å²) < 4.78 is 0. The Morgan fingerprint density at radius 2 is 2.31 bits per heavy atom. The topological polar surface area (TPSA) is 53.4 Å². The van der Waals surface area contributed by atoms with E-state index in [0.29, 0.717) is 12.3 Å². The molecule has 0 unspecified atom stereocenters. The number of anilines is 1. The molecule has 0 atom stereocenters. The molecule has 5 heteroatoms. The van der Waals surface area contributed by atoms with Crippen molar-refractivity contribution in [2.24, 2.45) is 5.92 Å². The molecule has 0 aromatic carbocycles. The quantitative estimate of drug-likeness (QED) is 0.879. The molecular weight excluding hydrogens is 224 g/mol. The minimum atomic E-state index is -0.677. The molecule has 0 aliphatic carbocycles. The maximum atomic E-state index is 10.6. The summed E-state index contributed by atoms with van der Waals surface area (Å²) in [6.07, 6.45) is 2.24. The Labute approximate surface area is 98.9 Å². The van der Waals surface area contributed by atoms with Crippen LogP contribution in [0.2, 0.25) is 0 Å². The zero-order chi connectivity index (χ0) is 11.5. The van der Waals surface area contributed by atoms with Gasteiger partial charge in [-0.1, -0.05) is 0 Å². The van der Waals surface area contributed by atoms with Crippen molar-refractivity contribution in [1.29, 1.82) is 0 Å². The van der Waals surface area contributed by atoms with Crippen LogP contribution in [0, 0.1) is 12.8 Å². The van der Waals surface area contributed by atoms with Crippen molar-refractivity contribution in [3.8, 4) is 0 Å². The molecule has 1 aliphatic heterocycles. The zero-order valence-corrected chi connectivity index (χ0v) is 10.2. The van der Waals surface area contributed by atoms with Gasteiger partial charge in [0.25, 0.3) is 0 Å². The summed E-state index contributed by atoms with van der Waals surface area (Å²) in [5.41, 5.74) is 1.06. The molecule has 0 spiro atoms. The highest BCUT2D eigenvalue weighted by Crippen LogP contribution is 2.27. The van der Waals surface area contributed by atoms with E-state index in [2.05, 4.69) is 15.3 Å². The van der Waals surface area contributed by atoms with Crippen LogP contribution in [-0.2, 0) is 4.79 Å². The summed E-state index contributed by atoms with van der Waals surface area (Å²) in [6, 6.07) is 0. The SMILES string of the molecule is Cc1csc(N2CCC(CC(=O)O)CC2)n1. The summed E-state index contributed by atoms with van der Waals surface area (Å²) in [4.78, 5) is 17.3. The van der Waals surface area contributed by atoms with E-state index in [9.17, 15) is 4.79 Å². The summed E-state index contributed by atoms with van der Waals surface area (Å²) in [7, 11) is 0. The Balaban J connectivity index is 1.87. The van der Waals surface area contributed by atoms with Crippen LogP contribution in [0.1, 0.15) is 25.0 Å². The maximum Gasteiger partial charge on any atom is 0.303 e. The van der Waals surface area contributed by atoms with Gasteiger partial charge in [0.15, 0.2) is 5.13 Å². The first-order chi connectivity index (χ1) is 7.65. The second-order valence-corrected chi connectivity index (χ2v) is 5.14.